The minimum atomic E-state index is -0.267. The topological polar surface area (TPSA) is 44.0 Å². The monoisotopic (exact) mass is 168 g/mol. The van der Waals surface area contributed by atoms with Gasteiger partial charge in [-0.2, -0.15) is 0 Å². The van der Waals surface area contributed by atoms with Gasteiger partial charge in [-0.1, -0.05) is 0 Å². The molecule has 0 spiro atoms. The lowest BCUT2D eigenvalue weighted by molar-refractivity contribution is 0.533. The molecule has 0 saturated carbocycles. The zero-order valence-corrected chi connectivity index (χ0v) is 7.44. The van der Waals surface area contributed by atoms with Crippen LogP contribution >= 0.6 is 0 Å². The summed E-state index contributed by atoms with van der Waals surface area (Å²) in [4.78, 5) is 22.3. The van der Waals surface area contributed by atoms with E-state index >= 15 is 0 Å². The van der Waals surface area contributed by atoms with Gasteiger partial charge in [-0.15, -0.1) is 0 Å². The standard InChI is InChI=1S/C8H12N2O2/c1-6(2)10-5-4-7(11)9(3)8(10)12/h4-6H,1-3H3. The number of nitrogens with zero attached hydrogens (tertiary/aromatic N) is 2. The molecule has 12 heavy (non-hydrogen) atoms. The van der Waals surface area contributed by atoms with Gasteiger partial charge < -0.3 is 0 Å². The van der Waals surface area contributed by atoms with Crippen molar-refractivity contribution in [1.82, 2.24) is 9.13 Å². The molecule has 1 aromatic rings. The van der Waals surface area contributed by atoms with Crippen LogP contribution in [0.15, 0.2) is 21.9 Å². The maximum absolute atomic E-state index is 11.4. The van der Waals surface area contributed by atoms with Gasteiger partial charge in [0, 0.05) is 25.4 Å². The fraction of sp³-hybridized carbons (Fsp3) is 0.500. The van der Waals surface area contributed by atoms with E-state index in [2.05, 4.69) is 0 Å². The maximum Gasteiger partial charge on any atom is 0.330 e. The van der Waals surface area contributed by atoms with Crippen LogP contribution in [0.4, 0.5) is 0 Å². The molecule has 0 aliphatic carbocycles. The van der Waals surface area contributed by atoms with E-state index in [1.807, 2.05) is 13.8 Å². The minimum Gasteiger partial charge on any atom is -0.298 e. The second-order valence-corrected chi connectivity index (χ2v) is 3.00. The summed E-state index contributed by atoms with van der Waals surface area (Å²) >= 11 is 0. The van der Waals surface area contributed by atoms with Gasteiger partial charge in [0.1, 0.15) is 0 Å². The first-order valence-electron chi connectivity index (χ1n) is 3.82. The van der Waals surface area contributed by atoms with Crippen LogP contribution in [0.1, 0.15) is 19.9 Å². The molecule has 1 heterocycles. The predicted octanol–water partition coefficient (Wildman–Crippen LogP) is 0.128. The third kappa shape index (κ3) is 1.32. The lowest BCUT2D eigenvalue weighted by atomic mass is 10.4. The summed E-state index contributed by atoms with van der Waals surface area (Å²) in [5.74, 6) is 0. The normalized spacial score (nSPS) is 10.7. The van der Waals surface area contributed by atoms with E-state index in [1.165, 1.54) is 23.9 Å². The second-order valence-electron chi connectivity index (χ2n) is 3.00. The first-order valence-corrected chi connectivity index (χ1v) is 3.82. The largest absolute Gasteiger partial charge is 0.330 e. The molecule has 0 aromatic carbocycles. The fourth-order valence-electron chi connectivity index (χ4n) is 0.980. The molecule has 0 unspecified atom stereocenters. The molecule has 4 nitrogen and oxygen atoms in total. The average molecular weight is 168 g/mol. The fourth-order valence-corrected chi connectivity index (χ4v) is 0.980. The Hall–Kier alpha value is -1.32. The molecule has 66 valence electrons. The van der Waals surface area contributed by atoms with Gasteiger partial charge >= 0.3 is 5.69 Å². The SMILES string of the molecule is CC(C)n1ccc(=O)n(C)c1=O. The summed E-state index contributed by atoms with van der Waals surface area (Å²) in [6.45, 7) is 3.79. The highest BCUT2D eigenvalue weighted by Gasteiger charge is 2.02. The Morgan fingerprint density at radius 3 is 2.42 bits per heavy atom. The van der Waals surface area contributed by atoms with Gasteiger partial charge in [0.2, 0.25) is 0 Å². The van der Waals surface area contributed by atoms with E-state index in [1.54, 1.807) is 0 Å². The molecule has 0 atom stereocenters. The van der Waals surface area contributed by atoms with Crippen molar-refractivity contribution in [3.05, 3.63) is 33.1 Å². The number of hydrogen-bond acceptors (Lipinski definition) is 2. The Kier molecular flexibility index (Phi) is 2.17. The van der Waals surface area contributed by atoms with E-state index < -0.39 is 0 Å². The smallest absolute Gasteiger partial charge is 0.298 e. The van der Waals surface area contributed by atoms with Gasteiger partial charge in [0.05, 0.1) is 0 Å². The Labute approximate surface area is 70.1 Å². The molecule has 0 amide bonds. The Balaban J connectivity index is 3.48. The number of rotatable bonds is 1. The molecular weight excluding hydrogens is 156 g/mol. The average Bonchev–Trinajstić information content (AvgIpc) is 2.00. The summed E-state index contributed by atoms with van der Waals surface area (Å²) in [6, 6.07) is 1.48. The molecule has 0 N–H and O–H groups in total. The highest BCUT2D eigenvalue weighted by atomic mass is 16.2. The van der Waals surface area contributed by atoms with Crippen LogP contribution in [0.25, 0.3) is 0 Å². The van der Waals surface area contributed by atoms with Crippen LogP contribution in [0.5, 0.6) is 0 Å². The first-order chi connectivity index (χ1) is 5.54. The number of aromatic nitrogens is 2. The van der Waals surface area contributed by atoms with Crippen LogP contribution in [0.2, 0.25) is 0 Å². The molecule has 0 fully saturated rings. The van der Waals surface area contributed by atoms with Crippen molar-refractivity contribution in [1.29, 1.82) is 0 Å². The van der Waals surface area contributed by atoms with Crippen molar-refractivity contribution in [2.45, 2.75) is 19.9 Å². The zero-order chi connectivity index (χ0) is 9.30. The summed E-state index contributed by atoms with van der Waals surface area (Å²) in [5.41, 5.74) is -0.533. The lowest BCUT2D eigenvalue weighted by Gasteiger charge is -2.09. The molecular formula is C8H12N2O2. The van der Waals surface area contributed by atoms with Crippen molar-refractivity contribution in [2.24, 2.45) is 7.05 Å². The highest BCUT2D eigenvalue weighted by molar-refractivity contribution is 4.86. The van der Waals surface area contributed by atoms with Gasteiger partial charge in [-0.25, -0.2) is 4.79 Å². The van der Waals surface area contributed by atoms with Crippen molar-refractivity contribution >= 4 is 0 Å². The molecule has 1 rings (SSSR count). The summed E-state index contributed by atoms with van der Waals surface area (Å²) < 4.78 is 2.61. The van der Waals surface area contributed by atoms with Gasteiger partial charge in [0.25, 0.3) is 5.56 Å². The maximum atomic E-state index is 11.4. The molecule has 0 bridgehead atoms. The van der Waals surface area contributed by atoms with E-state index in [0.717, 1.165) is 4.57 Å². The molecule has 1 aromatic heterocycles. The van der Waals surface area contributed by atoms with Crippen LogP contribution in [-0.4, -0.2) is 9.13 Å². The highest BCUT2D eigenvalue weighted by Crippen LogP contribution is 1.95. The van der Waals surface area contributed by atoms with Crippen LogP contribution < -0.4 is 11.2 Å². The summed E-state index contributed by atoms with van der Waals surface area (Å²) in [6.07, 6.45) is 1.52. The van der Waals surface area contributed by atoms with Crippen LogP contribution in [0, 0.1) is 0 Å². The quantitative estimate of drug-likeness (QED) is 0.598. The van der Waals surface area contributed by atoms with Crippen LogP contribution in [0.3, 0.4) is 0 Å². The Bertz CT molecular complexity index is 387. The second kappa shape index (κ2) is 2.97. The van der Waals surface area contributed by atoms with Crippen molar-refractivity contribution in [3.8, 4) is 0 Å². The van der Waals surface area contributed by atoms with Gasteiger partial charge in [-0.05, 0) is 13.8 Å². The van der Waals surface area contributed by atoms with E-state index in [9.17, 15) is 9.59 Å². The molecule has 0 aliphatic heterocycles. The van der Waals surface area contributed by atoms with E-state index in [-0.39, 0.29) is 17.3 Å². The molecule has 4 heteroatoms. The molecule has 0 radical (unpaired) electrons. The minimum absolute atomic E-state index is 0.0873. The van der Waals surface area contributed by atoms with Crippen molar-refractivity contribution in [3.63, 3.8) is 0 Å². The van der Waals surface area contributed by atoms with Crippen LogP contribution in [-0.2, 0) is 7.05 Å². The molecule has 0 aliphatic rings. The van der Waals surface area contributed by atoms with Gasteiger partial charge in [-0.3, -0.25) is 13.9 Å². The van der Waals surface area contributed by atoms with Crippen molar-refractivity contribution < 1.29 is 0 Å². The lowest BCUT2D eigenvalue weighted by Crippen LogP contribution is -2.37. The Morgan fingerprint density at radius 1 is 1.33 bits per heavy atom. The molecule has 0 saturated heterocycles. The van der Waals surface area contributed by atoms with Gasteiger partial charge in [0.15, 0.2) is 0 Å². The number of hydrogen-bond donors (Lipinski definition) is 0. The van der Waals surface area contributed by atoms with Crippen molar-refractivity contribution in [2.75, 3.05) is 0 Å². The third-order valence-corrected chi connectivity index (χ3v) is 1.77. The predicted molar refractivity (Wildman–Crippen MR) is 46.3 cm³/mol. The third-order valence-electron chi connectivity index (χ3n) is 1.77. The zero-order valence-electron chi connectivity index (χ0n) is 7.44. The Morgan fingerprint density at radius 2 is 1.92 bits per heavy atom. The van der Waals surface area contributed by atoms with E-state index in [4.69, 9.17) is 0 Å². The van der Waals surface area contributed by atoms with E-state index in [0.29, 0.717) is 0 Å². The first kappa shape index (κ1) is 8.77. The summed E-state index contributed by atoms with van der Waals surface area (Å²) in [7, 11) is 1.48. The summed E-state index contributed by atoms with van der Waals surface area (Å²) in [5, 5.41) is 0.